The van der Waals surface area contributed by atoms with Crippen LogP contribution in [0.5, 0.6) is 0 Å². The molecule has 2 aliphatic rings. The van der Waals surface area contributed by atoms with Crippen LogP contribution in [0.4, 0.5) is 4.79 Å². The van der Waals surface area contributed by atoms with Crippen LogP contribution in [-0.4, -0.2) is 47.5 Å². The lowest BCUT2D eigenvalue weighted by Gasteiger charge is -2.42. The predicted octanol–water partition coefficient (Wildman–Crippen LogP) is 3.26. The molecule has 0 radical (unpaired) electrons. The highest BCUT2D eigenvalue weighted by molar-refractivity contribution is 5.74. The lowest BCUT2D eigenvalue weighted by Crippen LogP contribution is -2.55. The number of fused-ring (bicyclic) bond motifs is 1. The number of urea groups is 1. The summed E-state index contributed by atoms with van der Waals surface area (Å²) < 4.78 is 0. The van der Waals surface area contributed by atoms with E-state index in [-0.39, 0.29) is 11.6 Å². The van der Waals surface area contributed by atoms with Gasteiger partial charge in [0.2, 0.25) is 0 Å². The minimum atomic E-state index is -0.0488. The first-order valence-electron chi connectivity index (χ1n) is 9.21. The van der Waals surface area contributed by atoms with Crippen LogP contribution in [0.2, 0.25) is 0 Å². The Hall–Kier alpha value is -1.55. The molecule has 1 fully saturated rings. The van der Waals surface area contributed by atoms with E-state index in [1.165, 1.54) is 24.0 Å². The lowest BCUT2D eigenvalue weighted by atomic mass is 9.94. The molecule has 1 atom stereocenters. The van der Waals surface area contributed by atoms with Crippen LogP contribution in [0.3, 0.4) is 0 Å². The van der Waals surface area contributed by atoms with Crippen LogP contribution in [0.1, 0.15) is 44.7 Å². The van der Waals surface area contributed by atoms with Gasteiger partial charge in [0.25, 0.3) is 0 Å². The molecule has 2 amide bonds. The van der Waals surface area contributed by atoms with Crippen molar-refractivity contribution in [2.45, 2.75) is 58.2 Å². The molecule has 24 heavy (non-hydrogen) atoms. The Balaban J connectivity index is 1.55. The van der Waals surface area contributed by atoms with Crippen LogP contribution < -0.4 is 5.32 Å². The summed E-state index contributed by atoms with van der Waals surface area (Å²) in [4.78, 5) is 16.8. The number of amides is 2. The molecular weight excluding hydrogens is 298 g/mol. The fraction of sp³-hybridized carbons (Fsp3) is 0.650. The van der Waals surface area contributed by atoms with Crippen molar-refractivity contribution in [1.29, 1.82) is 0 Å². The maximum atomic E-state index is 12.4. The monoisotopic (exact) mass is 329 g/mol. The zero-order valence-corrected chi connectivity index (χ0v) is 15.5. The number of benzene rings is 1. The van der Waals surface area contributed by atoms with E-state index in [9.17, 15) is 4.79 Å². The van der Waals surface area contributed by atoms with E-state index in [4.69, 9.17) is 0 Å². The summed E-state index contributed by atoms with van der Waals surface area (Å²) >= 11 is 0. The molecule has 0 saturated heterocycles. The highest BCUT2D eigenvalue weighted by Gasteiger charge is 2.34. The van der Waals surface area contributed by atoms with E-state index in [0.29, 0.717) is 18.5 Å². The van der Waals surface area contributed by atoms with Crippen molar-refractivity contribution in [1.82, 2.24) is 15.1 Å². The summed E-state index contributed by atoms with van der Waals surface area (Å²) in [6.07, 6.45) is 3.61. The van der Waals surface area contributed by atoms with Crippen molar-refractivity contribution in [3.05, 3.63) is 35.4 Å². The third kappa shape index (κ3) is 3.75. The Morgan fingerprint density at radius 3 is 2.67 bits per heavy atom. The summed E-state index contributed by atoms with van der Waals surface area (Å²) in [5.41, 5.74) is 2.83. The van der Waals surface area contributed by atoms with Crippen molar-refractivity contribution < 1.29 is 4.79 Å². The first kappa shape index (κ1) is 17.3. The fourth-order valence-electron chi connectivity index (χ4n) is 3.62. The molecule has 0 spiro atoms. The van der Waals surface area contributed by atoms with Crippen LogP contribution in [0, 0.1) is 5.92 Å². The third-order valence-corrected chi connectivity index (χ3v) is 5.89. The van der Waals surface area contributed by atoms with Crippen LogP contribution in [0.25, 0.3) is 0 Å². The highest BCUT2D eigenvalue weighted by atomic mass is 16.2. The zero-order valence-electron chi connectivity index (χ0n) is 15.5. The van der Waals surface area contributed by atoms with Gasteiger partial charge in [-0.05, 0) is 57.1 Å². The van der Waals surface area contributed by atoms with Gasteiger partial charge in [0, 0.05) is 38.3 Å². The number of carbonyl (C=O) groups is 1. The maximum Gasteiger partial charge on any atom is 0.317 e. The number of nitrogens with one attached hydrogen (secondary N) is 1. The molecule has 1 heterocycles. The van der Waals surface area contributed by atoms with Gasteiger partial charge in [0.05, 0.1) is 0 Å². The number of hydrogen-bond donors (Lipinski definition) is 1. The standard InChI is InChI=1S/C20H31N3O/c1-15(16-9-10-16)22(4)19(24)21-14-20(2,3)23-12-11-17-7-5-6-8-18(17)13-23/h5-8,15-16H,9-14H2,1-4H3,(H,21,24). The van der Waals surface area contributed by atoms with Gasteiger partial charge in [0.15, 0.2) is 0 Å². The maximum absolute atomic E-state index is 12.4. The molecule has 1 aromatic rings. The number of rotatable bonds is 5. The van der Waals surface area contributed by atoms with Gasteiger partial charge in [-0.25, -0.2) is 4.79 Å². The molecule has 4 heteroatoms. The summed E-state index contributed by atoms with van der Waals surface area (Å²) in [5.74, 6) is 0.701. The number of carbonyl (C=O) groups excluding carboxylic acids is 1. The van der Waals surface area contributed by atoms with Gasteiger partial charge in [-0.1, -0.05) is 24.3 Å². The van der Waals surface area contributed by atoms with E-state index in [1.54, 1.807) is 0 Å². The van der Waals surface area contributed by atoms with Gasteiger partial charge < -0.3 is 10.2 Å². The first-order valence-corrected chi connectivity index (χ1v) is 9.21. The molecule has 132 valence electrons. The van der Waals surface area contributed by atoms with Gasteiger partial charge in [0.1, 0.15) is 0 Å². The summed E-state index contributed by atoms with van der Waals surface area (Å²) in [6, 6.07) is 9.09. The van der Waals surface area contributed by atoms with Crippen molar-refractivity contribution in [2.75, 3.05) is 20.1 Å². The number of hydrogen-bond acceptors (Lipinski definition) is 2. The Morgan fingerprint density at radius 2 is 2.00 bits per heavy atom. The molecule has 1 aromatic carbocycles. The predicted molar refractivity (Wildman–Crippen MR) is 98.0 cm³/mol. The summed E-state index contributed by atoms with van der Waals surface area (Å²) in [5, 5.41) is 3.15. The van der Waals surface area contributed by atoms with E-state index < -0.39 is 0 Å². The zero-order chi connectivity index (χ0) is 17.3. The van der Waals surface area contributed by atoms with E-state index in [0.717, 1.165) is 19.5 Å². The van der Waals surface area contributed by atoms with Crippen molar-refractivity contribution in [3.63, 3.8) is 0 Å². The van der Waals surface area contributed by atoms with Gasteiger partial charge in [-0.15, -0.1) is 0 Å². The fourth-order valence-corrected chi connectivity index (χ4v) is 3.62. The average Bonchev–Trinajstić information content (AvgIpc) is 3.43. The molecule has 0 aromatic heterocycles. The first-order chi connectivity index (χ1) is 11.4. The molecule has 1 saturated carbocycles. The Kier molecular flexibility index (Phi) is 4.86. The van der Waals surface area contributed by atoms with Crippen molar-refractivity contribution >= 4 is 6.03 Å². The van der Waals surface area contributed by atoms with Crippen LogP contribution >= 0.6 is 0 Å². The molecule has 1 N–H and O–H groups in total. The van der Waals surface area contributed by atoms with E-state index >= 15 is 0 Å². The minimum absolute atomic E-state index is 0.0488. The number of nitrogens with zero attached hydrogens (tertiary/aromatic N) is 2. The van der Waals surface area contributed by atoms with Crippen LogP contribution in [-0.2, 0) is 13.0 Å². The second-order valence-electron chi connectivity index (χ2n) is 8.10. The molecule has 0 bridgehead atoms. The normalized spacial score (nSPS) is 19.5. The van der Waals surface area contributed by atoms with E-state index in [2.05, 4.69) is 55.3 Å². The van der Waals surface area contributed by atoms with E-state index in [1.807, 2.05) is 11.9 Å². The van der Waals surface area contributed by atoms with Gasteiger partial charge >= 0.3 is 6.03 Å². The second-order valence-corrected chi connectivity index (χ2v) is 8.10. The minimum Gasteiger partial charge on any atom is -0.336 e. The summed E-state index contributed by atoms with van der Waals surface area (Å²) in [6.45, 7) is 9.30. The summed E-state index contributed by atoms with van der Waals surface area (Å²) in [7, 11) is 1.92. The van der Waals surface area contributed by atoms with Gasteiger partial charge in [-0.3, -0.25) is 4.90 Å². The third-order valence-electron chi connectivity index (χ3n) is 5.89. The molecule has 1 unspecified atom stereocenters. The second kappa shape index (κ2) is 6.75. The van der Waals surface area contributed by atoms with Crippen molar-refractivity contribution in [2.24, 2.45) is 5.92 Å². The Labute approximate surface area is 146 Å². The smallest absolute Gasteiger partial charge is 0.317 e. The molecule has 3 rings (SSSR count). The molecular formula is C20H31N3O. The Morgan fingerprint density at radius 1 is 1.33 bits per heavy atom. The molecule has 4 nitrogen and oxygen atoms in total. The molecule has 1 aliphatic carbocycles. The van der Waals surface area contributed by atoms with Gasteiger partial charge in [-0.2, -0.15) is 0 Å². The Bertz CT molecular complexity index is 594. The highest BCUT2D eigenvalue weighted by Crippen LogP contribution is 2.34. The lowest BCUT2D eigenvalue weighted by molar-refractivity contribution is 0.101. The SMILES string of the molecule is CC(C1CC1)N(C)C(=O)NCC(C)(C)N1CCc2ccccc2C1. The average molecular weight is 329 g/mol. The topological polar surface area (TPSA) is 35.6 Å². The van der Waals surface area contributed by atoms with Crippen molar-refractivity contribution in [3.8, 4) is 0 Å². The largest absolute Gasteiger partial charge is 0.336 e. The van der Waals surface area contributed by atoms with Crippen LogP contribution in [0.15, 0.2) is 24.3 Å². The molecule has 1 aliphatic heterocycles. The quantitative estimate of drug-likeness (QED) is 0.900.